The van der Waals surface area contributed by atoms with Crippen LogP contribution in [0.2, 0.25) is 0 Å². The van der Waals surface area contributed by atoms with Crippen LogP contribution >= 0.6 is 11.3 Å². The SMILES string of the molecule is COCc1c(C(=O)NCc2cnn(-c3ccccc3)c2)sc2cccc(F)c12. The van der Waals surface area contributed by atoms with Gasteiger partial charge in [0.1, 0.15) is 5.82 Å². The molecule has 0 fully saturated rings. The molecule has 0 spiro atoms. The third-order valence-electron chi connectivity index (χ3n) is 4.37. The Morgan fingerprint density at radius 2 is 2.04 bits per heavy atom. The van der Waals surface area contributed by atoms with E-state index >= 15 is 0 Å². The maximum atomic E-state index is 14.3. The third-order valence-corrected chi connectivity index (χ3v) is 5.56. The van der Waals surface area contributed by atoms with Gasteiger partial charge in [-0.1, -0.05) is 24.3 Å². The molecule has 0 aliphatic heterocycles. The summed E-state index contributed by atoms with van der Waals surface area (Å²) in [6, 6.07) is 14.6. The van der Waals surface area contributed by atoms with Crippen molar-refractivity contribution >= 4 is 27.3 Å². The number of aromatic nitrogens is 2. The van der Waals surface area contributed by atoms with Crippen molar-refractivity contribution in [2.75, 3.05) is 7.11 Å². The number of carbonyl (C=O) groups excluding carboxylic acids is 1. The summed E-state index contributed by atoms with van der Waals surface area (Å²) in [5.41, 5.74) is 2.40. The summed E-state index contributed by atoms with van der Waals surface area (Å²) in [5, 5.41) is 7.68. The second kappa shape index (κ2) is 7.92. The lowest BCUT2D eigenvalue weighted by molar-refractivity contribution is 0.0950. The number of methoxy groups -OCH3 is 1. The number of nitrogens with zero attached hydrogens (tertiary/aromatic N) is 2. The summed E-state index contributed by atoms with van der Waals surface area (Å²) in [6.07, 6.45) is 3.59. The molecule has 4 aromatic rings. The Balaban J connectivity index is 1.54. The second-order valence-corrected chi connectivity index (χ2v) is 7.32. The normalized spacial score (nSPS) is 11.1. The molecular weight excluding hydrogens is 377 g/mol. The second-order valence-electron chi connectivity index (χ2n) is 6.27. The van der Waals surface area contributed by atoms with E-state index in [1.807, 2.05) is 42.6 Å². The van der Waals surface area contributed by atoms with Gasteiger partial charge in [0, 0.05) is 41.1 Å². The molecule has 2 aromatic heterocycles. The van der Waals surface area contributed by atoms with Crippen LogP contribution in [0.4, 0.5) is 4.39 Å². The average Bonchev–Trinajstić information content (AvgIpc) is 3.33. The Labute approximate surface area is 165 Å². The highest BCUT2D eigenvalue weighted by Crippen LogP contribution is 2.33. The molecule has 0 aliphatic rings. The largest absolute Gasteiger partial charge is 0.380 e. The van der Waals surface area contributed by atoms with Gasteiger partial charge in [0.15, 0.2) is 0 Å². The van der Waals surface area contributed by atoms with Crippen molar-refractivity contribution in [3.05, 3.63) is 82.7 Å². The van der Waals surface area contributed by atoms with Crippen LogP contribution in [0.25, 0.3) is 15.8 Å². The molecule has 5 nitrogen and oxygen atoms in total. The van der Waals surface area contributed by atoms with Crippen LogP contribution in [-0.2, 0) is 17.9 Å². The first-order valence-electron chi connectivity index (χ1n) is 8.73. The van der Waals surface area contributed by atoms with Crippen molar-refractivity contribution in [3.63, 3.8) is 0 Å². The number of para-hydroxylation sites is 1. The molecule has 0 bridgehead atoms. The van der Waals surface area contributed by atoms with Crippen molar-refractivity contribution in [2.24, 2.45) is 0 Å². The molecule has 0 unspecified atom stereocenters. The van der Waals surface area contributed by atoms with Gasteiger partial charge in [-0.15, -0.1) is 11.3 Å². The van der Waals surface area contributed by atoms with Crippen LogP contribution in [0, 0.1) is 5.82 Å². The Hall–Kier alpha value is -3.03. The van der Waals surface area contributed by atoms with Gasteiger partial charge in [0.05, 0.1) is 23.4 Å². The van der Waals surface area contributed by atoms with E-state index in [-0.39, 0.29) is 18.3 Å². The van der Waals surface area contributed by atoms with Crippen molar-refractivity contribution in [3.8, 4) is 5.69 Å². The Morgan fingerprint density at radius 3 is 2.82 bits per heavy atom. The highest BCUT2D eigenvalue weighted by molar-refractivity contribution is 7.21. The zero-order chi connectivity index (χ0) is 19.5. The smallest absolute Gasteiger partial charge is 0.262 e. The molecule has 2 heterocycles. The molecule has 2 aromatic carbocycles. The minimum atomic E-state index is -0.344. The first-order chi connectivity index (χ1) is 13.7. The summed E-state index contributed by atoms with van der Waals surface area (Å²) in [5.74, 6) is -0.593. The van der Waals surface area contributed by atoms with Gasteiger partial charge in [0.25, 0.3) is 5.91 Å². The van der Waals surface area contributed by atoms with E-state index < -0.39 is 0 Å². The molecule has 0 radical (unpaired) electrons. The van der Waals surface area contributed by atoms with E-state index in [0.29, 0.717) is 22.4 Å². The predicted octanol–water partition coefficient (Wildman–Crippen LogP) is 4.30. The van der Waals surface area contributed by atoms with E-state index in [2.05, 4.69) is 10.4 Å². The van der Waals surface area contributed by atoms with Gasteiger partial charge in [0.2, 0.25) is 0 Å². The molecule has 1 N–H and O–H groups in total. The van der Waals surface area contributed by atoms with E-state index in [1.54, 1.807) is 16.9 Å². The van der Waals surface area contributed by atoms with Crippen molar-refractivity contribution in [2.45, 2.75) is 13.2 Å². The minimum absolute atomic E-state index is 0.176. The van der Waals surface area contributed by atoms with Crippen LogP contribution in [0.15, 0.2) is 60.9 Å². The maximum absolute atomic E-state index is 14.3. The number of halogens is 1. The fourth-order valence-electron chi connectivity index (χ4n) is 3.07. The Morgan fingerprint density at radius 1 is 1.21 bits per heavy atom. The molecule has 0 saturated heterocycles. The Kier molecular flexibility index (Phi) is 5.18. The number of nitrogens with one attached hydrogen (secondary N) is 1. The van der Waals surface area contributed by atoms with Crippen LogP contribution in [0.1, 0.15) is 20.8 Å². The van der Waals surface area contributed by atoms with E-state index in [0.717, 1.165) is 16.0 Å². The summed E-state index contributed by atoms with van der Waals surface area (Å²) in [7, 11) is 1.53. The number of hydrogen-bond donors (Lipinski definition) is 1. The molecular formula is C21H18FN3O2S. The van der Waals surface area contributed by atoms with Crippen molar-refractivity contribution in [1.82, 2.24) is 15.1 Å². The number of rotatable bonds is 6. The molecule has 28 heavy (non-hydrogen) atoms. The fraction of sp³-hybridized carbons (Fsp3) is 0.143. The molecule has 4 rings (SSSR count). The van der Waals surface area contributed by atoms with E-state index in [4.69, 9.17) is 4.74 Å². The van der Waals surface area contributed by atoms with Crippen molar-refractivity contribution < 1.29 is 13.9 Å². The monoisotopic (exact) mass is 395 g/mol. The zero-order valence-electron chi connectivity index (χ0n) is 15.2. The summed E-state index contributed by atoms with van der Waals surface area (Å²) >= 11 is 1.27. The van der Waals surface area contributed by atoms with Crippen LogP contribution in [0.3, 0.4) is 0 Å². The molecule has 142 valence electrons. The molecule has 0 saturated carbocycles. The van der Waals surface area contributed by atoms with Crippen molar-refractivity contribution in [1.29, 1.82) is 0 Å². The van der Waals surface area contributed by atoms with Gasteiger partial charge in [-0.3, -0.25) is 4.79 Å². The highest BCUT2D eigenvalue weighted by atomic mass is 32.1. The number of ether oxygens (including phenoxy) is 1. The lowest BCUT2D eigenvalue weighted by Crippen LogP contribution is -2.22. The number of benzene rings is 2. The topological polar surface area (TPSA) is 56.1 Å². The minimum Gasteiger partial charge on any atom is -0.380 e. The van der Waals surface area contributed by atoms with E-state index in [1.165, 1.54) is 24.5 Å². The lowest BCUT2D eigenvalue weighted by Gasteiger charge is -2.05. The number of amides is 1. The fourth-order valence-corrected chi connectivity index (χ4v) is 4.21. The molecule has 7 heteroatoms. The first kappa shape index (κ1) is 18.3. The molecule has 1 amide bonds. The van der Waals surface area contributed by atoms with E-state index in [9.17, 15) is 9.18 Å². The quantitative estimate of drug-likeness (QED) is 0.530. The van der Waals surface area contributed by atoms with Gasteiger partial charge >= 0.3 is 0 Å². The summed E-state index contributed by atoms with van der Waals surface area (Å²) < 4.78 is 22.0. The zero-order valence-corrected chi connectivity index (χ0v) is 16.0. The highest BCUT2D eigenvalue weighted by Gasteiger charge is 2.20. The first-order valence-corrected chi connectivity index (χ1v) is 9.55. The summed E-state index contributed by atoms with van der Waals surface area (Å²) in [6.45, 7) is 0.504. The number of fused-ring (bicyclic) bond motifs is 1. The average molecular weight is 395 g/mol. The lowest BCUT2D eigenvalue weighted by atomic mass is 10.1. The molecule has 0 aliphatic carbocycles. The predicted molar refractivity (Wildman–Crippen MR) is 107 cm³/mol. The third kappa shape index (κ3) is 3.54. The molecule has 0 atom stereocenters. The van der Waals surface area contributed by atoms with Gasteiger partial charge < -0.3 is 10.1 Å². The Bertz CT molecular complexity index is 1120. The number of thiophene rings is 1. The van der Waals surface area contributed by atoms with Crippen LogP contribution < -0.4 is 5.32 Å². The van der Waals surface area contributed by atoms with Crippen LogP contribution in [-0.4, -0.2) is 22.8 Å². The maximum Gasteiger partial charge on any atom is 0.262 e. The summed E-state index contributed by atoms with van der Waals surface area (Å²) in [4.78, 5) is 13.2. The van der Waals surface area contributed by atoms with Crippen LogP contribution in [0.5, 0.6) is 0 Å². The standard InChI is InChI=1S/C21H18FN3O2S/c1-27-13-16-19-17(22)8-5-9-18(19)28-20(16)21(26)23-10-14-11-24-25(12-14)15-6-3-2-4-7-15/h2-9,11-12H,10,13H2,1H3,(H,23,26). The number of carbonyl (C=O) groups is 1. The van der Waals surface area contributed by atoms with Gasteiger partial charge in [-0.2, -0.15) is 5.10 Å². The van der Waals surface area contributed by atoms with Gasteiger partial charge in [-0.25, -0.2) is 9.07 Å². The van der Waals surface area contributed by atoms with Gasteiger partial charge in [-0.05, 0) is 24.3 Å². The number of hydrogen-bond acceptors (Lipinski definition) is 4.